The van der Waals surface area contributed by atoms with Crippen LogP contribution in [0.3, 0.4) is 0 Å². The standard InChI is InChI=1S/C29H33N3O6/c1-7-18-23-17(27(38-15(4)33)14(3)28-29(23)37-12-36-28)10-20-24-22-16(8-13(2)26(35-6)25(22)34)9-19(31(24)5)21(11-30)32(18)20/h8,18-21,24,34H,7,9-10,12H2,1-6H3/t18-,19-,20-,21-,24+/m0/s1. The van der Waals surface area contributed by atoms with E-state index < -0.39 is 5.97 Å². The van der Waals surface area contributed by atoms with Crippen molar-refractivity contribution in [2.24, 2.45) is 0 Å². The number of likely N-dealkylation sites (N-methyl/N-ethyl adjacent to an activating group) is 1. The Hall–Kier alpha value is -3.48. The highest BCUT2D eigenvalue weighted by Gasteiger charge is 2.56. The van der Waals surface area contributed by atoms with Gasteiger partial charge in [-0.2, -0.15) is 5.26 Å². The quantitative estimate of drug-likeness (QED) is 0.478. The zero-order chi connectivity index (χ0) is 27.0. The first kappa shape index (κ1) is 24.8. The molecule has 2 aromatic rings. The third-order valence-electron chi connectivity index (χ3n) is 8.90. The number of nitrogens with zero attached hydrogens (tertiary/aromatic N) is 3. The van der Waals surface area contributed by atoms with Crippen LogP contribution >= 0.6 is 0 Å². The Labute approximate surface area is 222 Å². The Morgan fingerprint density at radius 1 is 1.18 bits per heavy atom. The predicted molar refractivity (Wildman–Crippen MR) is 138 cm³/mol. The van der Waals surface area contributed by atoms with E-state index in [0.717, 1.165) is 39.8 Å². The summed E-state index contributed by atoms with van der Waals surface area (Å²) >= 11 is 0. The van der Waals surface area contributed by atoms with Gasteiger partial charge in [-0.3, -0.25) is 14.6 Å². The minimum Gasteiger partial charge on any atom is -0.504 e. The van der Waals surface area contributed by atoms with Crippen molar-refractivity contribution in [1.82, 2.24) is 9.80 Å². The van der Waals surface area contributed by atoms with Gasteiger partial charge < -0.3 is 24.1 Å². The SMILES string of the molecule is CC[C@H]1c2c(c(OC(C)=O)c(C)c3c2OCO3)C[C@H]2[C@@H]3c4c(cc(C)c(OC)c4O)C[C@@H]([C@H](C#N)N12)N3C. The number of ether oxygens (including phenoxy) is 4. The van der Waals surface area contributed by atoms with Gasteiger partial charge in [-0.1, -0.05) is 13.0 Å². The number of carbonyl (C=O) groups is 1. The number of nitriles is 1. The zero-order valence-electron chi connectivity index (χ0n) is 22.6. The van der Waals surface area contributed by atoms with Crippen LogP contribution in [-0.2, 0) is 17.6 Å². The molecule has 2 bridgehead atoms. The molecule has 9 nitrogen and oxygen atoms in total. The van der Waals surface area contributed by atoms with Gasteiger partial charge in [0, 0.05) is 47.3 Å². The molecule has 0 radical (unpaired) electrons. The molecule has 2 aromatic carbocycles. The summed E-state index contributed by atoms with van der Waals surface area (Å²) < 4.78 is 23.3. The van der Waals surface area contributed by atoms with Crippen LogP contribution < -0.4 is 18.9 Å². The number of aromatic hydroxyl groups is 1. The van der Waals surface area contributed by atoms with Crippen molar-refractivity contribution in [1.29, 1.82) is 5.26 Å². The molecule has 1 saturated heterocycles. The molecule has 0 spiro atoms. The summed E-state index contributed by atoms with van der Waals surface area (Å²) in [6.07, 6.45) is 1.88. The van der Waals surface area contributed by atoms with Crippen molar-refractivity contribution in [3.63, 3.8) is 0 Å². The maximum atomic E-state index is 12.2. The molecule has 6 rings (SSSR count). The molecule has 4 aliphatic rings. The number of hydrogen-bond donors (Lipinski definition) is 1. The first-order valence-electron chi connectivity index (χ1n) is 13.1. The van der Waals surface area contributed by atoms with E-state index in [4.69, 9.17) is 18.9 Å². The van der Waals surface area contributed by atoms with Gasteiger partial charge in [-0.25, -0.2) is 0 Å². The van der Waals surface area contributed by atoms with Crippen molar-refractivity contribution in [2.75, 3.05) is 21.0 Å². The number of methoxy groups -OCH3 is 1. The van der Waals surface area contributed by atoms with Crippen molar-refractivity contribution in [2.45, 2.75) is 77.2 Å². The Morgan fingerprint density at radius 3 is 2.58 bits per heavy atom. The smallest absolute Gasteiger partial charge is 0.308 e. The van der Waals surface area contributed by atoms with E-state index in [2.05, 4.69) is 28.9 Å². The average Bonchev–Trinajstić information content (AvgIpc) is 3.36. The maximum Gasteiger partial charge on any atom is 0.308 e. The molecule has 38 heavy (non-hydrogen) atoms. The number of esters is 1. The fourth-order valence-corrected chi connectivity index (χ4v) is 7.52. The number of fused-ring (bicyclic) bond motifs is 9. The summed E-state index contributed by atoms with van der Waals surface area (Å²) in [5, 5.41) is 22.0. The number of rotatable bonds is 3. The molecule has 1 fully saturated rings. The largest absolute Gasteiger partial charge is 0.504 e. The first-order valence-corrected chi connectivity index (χ1v) is 13.1. The van der Waals surface area contributed by atoms with Gasteiger partial charge in [0.15, 0.2) is 23.0 Å². The van der Waals surface area contributed by atoms with E-state index in [1.807, 2.05) is 20.9 Å². The topological polar surface area (TPSA) is 104 Å². The third-order valence-corrected chi connectivity index (χ3v) is 8.90. The van der Waals surface area contributed by atoms with Crippen molar-refractivity contribution in [3.05, 3.63) is 39.4 Å². The van der Waals surface area contributed by atoms with Crippen molar-refractivity contribution in [3.8, 4) is 34.8 Å². The van der Waals surface area contributed by atoms with Crippen LogP contribution in [0.4, 0.5) is 0 Å². The molecular weight excluding hydrogens is 486 g/mol. The number of hydrogen-bond acceptors (Lipinski definition) is 9. The lowest BCUT2D eigenvalue weighted by Crippen LogP contribution is -2.68. The Morgan fingerprint density at radius 2 is 1.92 bits per heavy atom. The minimum absolute atomic E-state index is 0.0554. The van der Waals surface area contributed by atoms with E-state index in [0.29, 0.717) is 35.8 Å². The number of phenolic OH excluding ortho intramolecular Hbond substituents is 1. The molecular formula is C29H33N3O6. The molecule has 0 amide bonds. The first-order chi connectivity index (χ1) is 18.2. The molecule has 0 unspecified atom stereocenters. The van der Waals surface area contributed by atoms with Gasteiger partial charge in [-0.15, -0.1) is 0 Å². The monoisotopic (exact) mass is 519 g/mol. The summed E-state index contributed by atoms with van der Waals surface area (Å²) in [6.45, 7) is 7.42. The third kappa shape index (κ3) is 3.20. The number of aryl methyl sites for hydroxylation is 1. The average molecular weight is 520 g/mol. The summed E-state index contributed by atoms with van der Waals surface area (Å²) in [4.78, 5) is 16.8. The van der Waals surface area contributed by atoms with Crippen LogP contribution in [0.2, 0.25) is 0 Å². The lowest BCUT2D eigenvalue weighted by molar-refractivity contribution is -0.132. The second-order valence-electron chi connectivity index (χ2n) is 10.8. The van der Waals surface area contributed by atoms with Crippen LogP contribution in [0.1, 0.15) is 65.7 Å². The van der Waals surface area contributed by atoms with Crippen LogP contribution in [0.15, 0.2) is 6.07 Å². The molecule has 4 heterocycles. The number of piperazine rings is 1. The van der Waals surface area contributed by atoms with Crippen LogP contribution in [-0.4, -0.2) is 60.0 Å². The molecule has 0 aliphatic carbocycles. The van der Waals surface area contributed by atoms with Gasteiger partial charge >= 0.3 is 5.97 Å². The highest BCUT2D eigenvalue weighted by molar-refractivity contribution is 5.74. The van der Waals surface area contributed by atoms with Gasteiger partial charge in [0.2, 0.25) is 6.79 Å². The lowest BCUT2D eigenvalue weighted by atomic mass is 9.71. The van der Waals surface area contributed by atoms with Crippen molar-refractivity contribution >= 4 is 5.97 Å². The van der Waals surface area contributed by atoms with E-state index in [1.165, 1.54) is 6.92 Å². The molecule has 4 aliphatic heterocycles. The van der Waals surface area contributed by atoms with Crippen LogP contribution in [0.25, 0.3) is 0 Å². The second kappa shape index (κ2) is 8.79. The normalized spacial score (nSPS) is 27.1. The van der Waals surface area contributed by atoms with Gasteiger partial charge in [-0.05, 0) is 51.3 Å². The van der Waals surface area contributed by atoms with Gasteiger partial charge in [0.05, 0.1) is 19.2 Å². The highest BCUT2D eigenvalue weighted by Crippen LogP contribution is 2.58. The molecule has 9 heteroatoms. The van der Waals surface area contributed by atoms with Gasteiger partial charge in [0.25, 0.3) is 0 Å². The molecule has 1 N–H and O–H groups in total. The summed E-state index contributed by atoms with van der Waals surface area (Å²) in [5.41, 5.74) is 5.35. The summed E-state index contributed by atoms with van der Waals surface area (Å²) in [7, 11) is 3.61. The fourth-order valence-electron chi connectivity index (χ4n) is 7.52. The molecule has 0 saturated carbocycles. The Bertz CT molecular complexity index is 1400. The second-order valence-corrected chi connectivity index (χ2v) is 10.8. The lowest BCUT2D eigenvalue weighted by Gasteiger charge is -2.60. The van der Waals surface area contributed by atoms with Gasteiger partial charge in [0.1, 0.15) is 11.8 Å². The number of benzene rings is 2. The van der Waals surface area contributed by atoms with E-state index >= 15 is 0 Å². The molecule has 200 valence electrons. The number of carbonyl (C=O) groups excluding carboxylic acids is 1. The predicted octanol–water partition coefficient (Wildman–Crippen LogP) is 3.85. The van der Waals surface area contributed by atoms with E-state index in [1.54, 1.807) is 7.11 Å². The van der Waals surface area contributed by atoms with Crippen LogP contribution in [0, 0.1) is 25.2 Å². The number of phenols is 1. The van der Waals surface area contributed by atoms with E-state index in [-0.39, 0.29) is 42.8 Å². The van der Waals surface area contributed by atoms with Crippen molar-refractivity contribution < 1.29 is 28.8 Å². The molecule has 5 atom stereocenters. The minimum atomic E-state index is -0.402. The maximum absolute atomic E-state index is 12.2. The Kier molecular flexibility index (Phi) is 5.74. The highest BCUT2D eigenvalue weighted by atomic mass is 16.7. The fraction of sp³-hybridized carbons (Fsp3) is 0.517. The summed E-state index contributed by atoms with van der Waals surface area (Å²) in [5.74, 6) is 2.03. The van der Waals surface area contributed by atoms with Crippen LogP contribution in [0.5, 0.6) is 28.7 Å². The summed E-state index contributed by atoms with van der Waals surface area (Å²) in [6, 6.07) is 3.77. The van der Waals surface area contributed by atoms with E-state index in [9.17, 15) is 15.2 Å². The zero-order valence-corrected chi connectivity index (χ0v) is 22.6. The molecule has 0 aromatic heterocycles. The Balaban J connectivity index is 1.62.